The molecule has 2 aromatic rings. The standard InChI is InChI=1S/C19H21N3O6S/c1-12-9-15(29(2,26)27)6-8-17(12)20-18-10-14(22(24)25)5-7-16(18)19(23)21-28-11-13-3-4-13/h5-10,13,20H,3-4,11H2,1-2H3,(H,21,23). The average molecular weight is 419 g/mol. The van der Waals surface area contributed by atoms with Crippen LogP contribution in [0.1, 0.15) is 28.8 Å². The van der Waals surface area contributed by atoms with Crippen molar-refractivity contribution in [3.63, 3.8) is 0 Å². The summed E-state index contributed by atoms with van der Waals surface area (Å²) in [7, 11) is -3.36. The lowest BCUT2D eigenvalue weighted by Gasteiger charge is -2.14. The van der Waals surface area contributed by atoms with Crippen LogP contribution in [0.3, 0.4) is 0 Å². The molecule has 1 fully saturated rings. The number of nitro benzene ring substituents is 1. The molecule has 1 aliphatic rings. The number of hydroxylamine groups is 1. The summed E-state index contributed by atoms with van der Waals surface area (Å²) in [6, 6.07) is 8.31. The number of hydrogen-bond donors (Lipinski definition) is 2. The lowest BCUT2D eigenvalue weighted by Crippen LogP contribution is -2.25. The van der Waals surface area contributed by atoms with Gasteiger partial charge in [-0.3, -0.25) is 19.7 Å². The number of anilines is 2. The van der Waals surface area contributed by atoms with Gasteiger partial charge < -0.3 is 5.32 Å². The number of carbonyl (C=O) groups is 1. The molecule has 1 saturated carbocycles. The van der Waals surface area contributed by atoms with E-state index in [0.29, 0.717) is 23.8 Å². The predicted molar refractivity (Wildman–Crippen MR) is 107 cm³/mol. The highest BCUT2D eigenvalue weighted by Gasteiger charge is 2.23. The quantitative estimate of drug-likeness (QED) is 0.497. The minimum absolute atomic E-state index is 0.158. The highest BCUT2D eigenvalue weighted by Crippen LogP contribution is 2.30. The fourth-order valence-electron chi connectivity index (χ4n) is 2.66. The molecule has 2 N–H and O–H groups in total. The van der Waals surface area contributed by atoms with E-state index in [-0.39, 0.29) is 21.8 Å². The Kier molecular flexibility index (Phi) is 5.85. The van der Waals surface area contributed by atoms with Crippen LogP contribution in [-0.2, 0) is 14.7 Å². The third-order valence-electron chi connectivity index (χ3n) is 4.53. The number of sulfone groups is 1. The SMILES string of the molecule is Cc1cc(S(C)(=O)=O)ccc1Nc1cc([N+](=O)[O-])ccc1C(=O)NOCC1CC1. The first kappa shape index (κ1) is 20.7. The second-order valence-electron chi connectivity index (χ2n) is 7.05. The highest BCUT2D eigenvalue weighted by atomic mass is 32.2. The van der Waals surface area contributed by atoms with Gasteiger partial charge in [-0.05, 0) is 55.5 Å². The van der Waals surface area contributed by atoms with E-state index in [1.54, 1.807) is 13.0 Å². The summed E-state index contributed by atoms with van der Waals surface area (Å²) >= 11 is 0. The number of hydrogen-bond acceptors (Lipinski definition) is 7. The second kappa shape index (κ2) is 8.18. The second-order valence-corrected chi connectivity index (χ2v) is 9.06. The van der Waals surface area contributed by atoms with Gasteiger partial charge in [0.05, 0.1) is 27.7 Å². The number of benzene rings is 2. The summed E-state index contributed by atoms with van der Waals surface area (Å²) in [6.45, 7) is 2.13. The van der Waals surface area contributed by atoms with E-state index in [4.69, 9.17) is 4.84 Å². The van der Waals surface area contributed by atoms with Gasteiger partial charge in [0.1, 0.15) is 0 Å². The van der Waals surface area contributed by atoms with Gasteiger partial charge >= 0.3 is 0 Å². The molecule has 1 amide bonds. The molecule has 0 unspecified atom stereocenters. The van der Waals surface area contributed by atoms with E-state index in [1.165, 1.54) is 30.3 Å². The number of amides is 1. The summed E-state index contributed by atoms with van der Waals surface area (Å²) in [5, 5.41) is 14.1. The lowest BCUT2D eigenvalue weighted by atomic mass is 10.1. The average Bonchev–Trinajstić information content (AvgIpc) is 3.46. The van der Waals surface area contributed by atoms with Crippen LogP contribution < -0.4 is 10.8 Å². The molecule has 10 heteroatoms. The molecule has 9 nitrogen and oxygen atoms in total. The Hall–Kier alpha value is -2.98. The van der Waals surface area contributed by atoms with Crippen molar-refractivity contribution in [2.24, 2.45) is 5.92 Å². The van der Waals surface area contributed by atoms with Crippen LogP contribution in [0.15, 0.2) is 41.3 Å². The molecule has 3 rings (SSSR count). The van der Waals surface area contributed by atoms with Crippen LogP contribution in [0.25, 0.3) is 0 Å². The van der Waals surface area contributed by atoms with Gasteiger partial charge in [-0.25, -0.2) is 13.9 Å². The zero-order chi connectivity index (χ0) is 21.2. The molecule has 2 aromatic carbocycles. The summed E-state index contributed by atoms with van der Waals surface area (Å²) < 4.78 is 23.4. The predicted octanol–water partition coefficient (Wildman–Crippen LogP) is 3.12. The summed E-state index contributed by atoms with van der Waals surface area (Å²) in [4.78, 5) is 28.4. The van der Waals surface area contributed by atoms with Crippen LogP contribution in [-0.4, -0.2) is 32.1 Å². The molecule has 0 atom stereocenters. The van der Waals surface area contributed by atoms with Crippen LogP contribution >= 0.6 is 0 Å². The third-order valence-corrected chi connectivity index (χ3v) is 5.65. The molecule has 0 heterocycles. The van der Waals surface area contributed by atoms with Gasteiger partial charge in [-0.1, -0.05) is 0 Å². The van der Waals surface area contributed by atoms with Crippen molar-refractivity contribution in [2.45, 2.75) is 24.7 Å². The van der Waals surface area contributed by atoms with Crippen molar-refractivity contribution in [3.8, 4) is 0 Å². The first-order valence-corrected chi connectivity index (χ1v) is 10.8. The van der Waals surface area contributed by atoms with Gasteiger partial charge in [-0.2, -0.15) is 0 Å². The van der Waals surface area contributed by atoms with Crippen molar-refractivity contribution in [1.29, 1.82) is 0 Å². The Labute approximate surface area is 168 Å². The lowest BCUT2D eigenvalue weighted by molar-refractivity contribution is -0.384. The van der Waals surface area contributed by atoms with Crippen molar-refractivity contribution in [2.75, 3.05) is 18.2 Å². The van der Waals surface area contributed by atoms with Crippen LogP contribution in [0, 0.1) is 23.0 Å². The number of carbonyl (C=O) groups excluding carboxylic acids is 1. The zero-order valence-corrected chi connectivity index (χ0v) is 16.8. The smallest absolute Gasteiger partial charge is 0.276 e. The van der Waals surface area contributed by atoms with E-state index in [9.17, 15) is 23.3 Å². The highest BCUT2D eigenvalue weighted by molar-refractivity contribution is 7.90. The number of aryl methyl sites for hydroxylation is 1. The molecule has 0 aliphatic heterocycles. The van der Waals surface area contributed by atoms with Crippen molar-refractivity contribution >= 4 is 32.8 Å². The third kappa shape index (κ3) is 5.30. The maximum Gasteiger partial charge on any atom is 0.276 e. The number of nitro groups is 1. The molecule has 0 bridgehead atoms. The topological polar surface area (TPSA) is 128 Å². The zero-order valence-electron chi connectivity index (χ0n) is 16.0. The molecule has 154 valence electrons. The molecule has 0 saturated heterocycles. The molecule has 1 aliphatic carbocycles. The molecule has 0 aromatic heterocycles. The first-order chi connectivity index (χ1) is 13.6. The van der Waals surface area contributed by atoms with Crippen LogP contribution in [0.4, 0.5) is 17.1 Å². The minimum atomic E-state index is -3.36. The van der Waals surface area contributed by atoms with Crippen molar-refractivity contribution < 1.29 is 23.0 Å². The molecular weight excluding hydrogens is 398 g/mol. The Bertz CT molecular complexity index is 1060. The Morgan fingerprint density at radius 3 is 2.52 bits per heavy atom. The summed E-state index contributed by atoms with van der Waals surface area (Å²) in [6.07, 6.45) is 3.26. The normalized spacial score (nSPS) is 13.7. The molecular formula is C19H21N3O6S. The van der Waals surface area contributed by atoms with E-state index in [0.717, 1.165) is 19.1 Å². The van der Waals surface area contributed by atoms with Gasteiger partial charge in [0.2, 0.25) is 0 Å². The van der Waals surface area contributed by atoms with Gasteiger partial charge in [0, 0.05) is 24.1 Å². The number of nitrogens with zero attached hydrogens (tertiary/aromatic N) is 1. The summed E-state index contributed by atoms with van der Waals surface area (Å²) in [5.41, 5.74) is 3.68. The first-order valence-electron chi connectivity index (χ1n) is 8.93. The van der Waals surface area contributed by atoms with E-state index in [1.807, 2.05) is 0 Å². The van der Waals surface area contributed by atoms with Gasteiger partial charge in [0.25, 0.3) is 11.6 Å². The number of nitrogens with one attached hydrogen (secondary N) is 2. The van der Waals surface area contributed by atoms with Gasteiger partial charge in [0.15, 0.2) is 9.84 Å². The minimum Gasteiger partial charge on any atom is -0.354 e. The maximum absolute atomic E-state index is 12.5. The fraction of sp³-hybridized carbons (Fsp3) is 0.316. The molecule has 0 radical (unpaired) electrons. The van der Waals surface area contributed by atoms with Gasteiger partial charge in [-0.15, -0.1) is 0 Å². The Balaban J connectivity index is 1.88. The van der Waals surface area contributed by atoms with Crippen molar-refractivity contribution in [1.82, 2.24) is 5.48 Å². The largest absolute Gasteiger partial charge is 0.354 e. The monoisotopic (exact) mass is 419 g/mol. The van der Waals surface area contributed by atoms with E-state index >= 15 is 0 Å². The van der Waals surface area contributed by atoms with Crippen LogP contribution in [0.5, 0.6) is 0 Å². The number of rotatable bonds is 8. The van der Waals surface area contributed by atoms with E-state index < -0.39 is 20.7 Å². The Morgan fingerprint density at radius 1 is 1.21 bits per heavy atom. The summed E-state index contributed by atoms with van der Waals surface area (Å²) in [5.74, 6) is -0.0748. The van der Waals surface area contributed by atoms with Crippen molar-refractivity contribution in [3.05, 3.63) is 57.6 Å². The van der Waals surface area contributed by atoms with E-state index in [2.05, 4.69) is 10.8 Å². The maximum atomic E-state index is 12.5. The van der Waals surface area contributed by atoms with Crippen LogP contribution in [0.2, 0.25) is 0 Å². The number of non-ortho nitro benzene ring substituents is 1. The Morgan fingerprint density at radius 2 is 1.93 bits per heavy atom. The molecule has 0 spiro atoms. The molecule has 29 heavy (non-hydrogen) atoms. The fourth-order valence-corrected chi connectivity index (χ4v) is 3.37.